The van der Waals surface area contributed by atoms with E-state index in [1.807, 2.05) is 11.0 Å². The molecular formula is C22H28FN5O2. The number of nitrogens with two attached hydrogens (primary N) is 1. The maximum absolute atomic E-state index is 14.0. The average molecular weight is 413 g/mol. The molecule has 30 heavy (non-hydrogen) atoms. The van der Waals surface area contributed by atoms with Crippen molar-refractivity contribution >= 4 is 17.6 Å². The summed E-state index contributed by atoms with van der Waals surface area (Å²) in [5.41, 5.74) is 6.78. The first kappa shape index (κ1) is 20.4. The Bertz CT molecular complexity index is 943. The lowest BCUT2D eigenvalue weighted by Gasteiger charge is -2.30. The highest BCUT2D eigenvalue weighted by atomic mass is 19.1. The number of hydrogen-bond donors (Lipinski definition) is 2. The fourth-order valence-electron chi connectivity index (χ4n) is 4.76. The number of halogens is 1. The van der Waals surface area contributed by atoms with Crippen LogP contribution < -0.4 is 5.73 Å². The number of anilines is 1. The number of nitrogens with zero attached hydrogens (tertiary/aromatic N) is 3. The Morgan fingerprint density at radius 3 is 2.73 bits per heavy atom. The molecule has 2 amide bonds. The van der Waals surface area contributed by atoms with Gasteiger partial charge < -0.3 is 15.5 Å². The van der Waals surface area contributed by atoms with E-state index in [0.717, 1.165) is 12.0 Å². The summed E-state index contributed by atoms with van der Waals surface area (Å²) in [6.07, 6.45) is 1.31. The third-order valence-corrected chi connectivity index (χ3v) is 6.23. The summed E-state index contributed by atoms with van der Waals surface area (Å²) >= 11 is 0. The van der Waals surface area contributed by atoms with E-state index in [2.05, 4.69) is 24.0 Å². The summed E-state index contributed by atoms with van der Waals surface area (Å²) in [5.74, 6) is 0.584. The first-order valence-corrected chi connectivity index (χ1v) is 10.5. The number of rotatable bonds is 5. The zero-order valence-corrected chi connectivity index (χ0v) is 17.3. The fourth-order valence-corrected chi connectivity index (χ4v) is 4.76. The molecule has 0 aliphatic carbocycles. The van der Waals surface area contributed by atoms with Crippen LogP contribution in [0.1, 0.15) is 48.8 Å². The third kappa shape index (κ3) is 3.91. The molecule has 0 spiro atoms. The standard InChI is InChI=1S/C22H28FN5O2/c1-13(2)6-7-20(29)28-11-15-10-27(22(30)18-9-19(24)26-25-18)12-17(15)21(28)14-4-3-5-16(23)8-14/h3-5,8-9,13,15,17,21H,6-7,10-12H2,1-2H3,(H3,24,25,26)/t15-,17-,21+/m0/s1. The number of likely N-dealkylation sites (tertiary alicyclic amines) is 2. The van der Waals surface area contributed by atoms with Crippen molar-refractivity contribution in [3.8, 4) is 0 Å². The van der Waals surface area contributed by atoms with E-state index in [1.165, 1.54) is 18.2 Å². The van der Waals surface area contributed by atoms with Crippen LogP contribution in [0.5, 0.6) is 0 Å². The monoisotopic (exact) mass is 413 g/mol. The SMILES string of the molecule is CC(C)CCC(=O)N1C[C@@H]2CN(C(=O)c3cc(N)n[nH]3)C[C@@H]2[C@H]1c1cccc(F)c1. The van der Waals surface area contributed by atoms with Gasteiger partial charge in [-0.25, -0.2) is 4.39 Å². The summed E-state index contributed by atoms with van der Waals surface area (Å²) in [7, 11) is 0. The number of aromatic nitrogens is 2. The van der Waals surface area contributed by atoms with Gasteiger partial charge >= 0.3 is 0 Å². The minimum absolute atomic E-state index is 0.0685. The van der Waals surface area contributed by atoms with Crippen LogP contribution >= 0.6 is 0 Å². The molecule has 0 radical (unpaired) electrons. The second kappa shape index (κ2) is 8.08. The Balaban J connectivity index is 1.57. The van der Waals surface area contributed by atoms with Crippen molar-refractivity contribution in [2.45, 2.75) is 32.7 Å². The molecule has 2 saturated heterocycles. The van der Waals surface area contributed by atoms with E-state index in [9.17, 15) is 14.0 Å². The number of nitrogen functional groups attached to an aromatic ring is 1. The normalized spacial score (nSPS) is 23.3. The summed E-state index contributed by atoms with van der Waals surface area (Å²) in [6, 6.07) is 7.78. The number of carbonyl (C=O) groups excluding carboxylic acids is 2. The second-order valence-corrected chi connectivity index (χ2v) is 8.82. The van der Waals surface area contributed by atoms with Gasteiger partial charge in [0.05, 0.1) is 6.04 Å². The Hall–Kier alpha value is -2.90. The van der Waals surface area contributed by atoms with Crippen LogP contribution in [0.3, 0.4) is 0 Å². The zero-order chi connectivity index (χ0) is 21.4. The zero-order valence-electron chi connectivity index (χ0n) is 17.3. The molecule has 0 unspecified atom stereocenters. The van der Waals surface area contributed by atoms with Gasteiger partial charge in [0.1, 0.15) is 17.3 Å². The topological polar surface area (TPSA) is 95.3 Å². The maximum atomic E-state index is 14.0. The van der Waals surface area contributed by atoms with Crippen LogP contribution in [0.2, 0.25) is 0 Å². The number of nitrogens with one attached hydrogen (secondary N) is 1. The Morgan fingerprint density at radius 1 is 1.27 bits per heavy atom. The third-order valence-electron chi connectivity index (χ3n) is 6.23. The molecule has 160 valence electrons. The van der Waals surface area contributed by atoms with Crippen molar-refractivity contribution in [3.63, 3.8) is 0 Å². The highest BCUT2D eigenvalue weighted by Gasteiger charge is 2.50. The number of aromatic amines is 1. The summed E-state index contributed by atoms with van der Waals surface area (Å²) in [6.45, 7) is 5.85. The van der Waals surface area contributed by atoms with Gasteiger partial charge in [-0.3, -0.25) is 14.7 Å². The molecule has 3 N–H and O–H groups in total. The predicted octanol–water partition coefficient (Wildman–Crippen LogP) is 2.84. The largest absolute Gasteiger partial charge is 0.382 e. The minimum Gasteiger partial charge on any atom is -0.382 e. The quantitative estimate of drug-likeness (QED) is 0.788. The number of hydrogen-bond acceptors (Lipinski definition) is 4. The van der Waals surface area contributed by atoms with Gasteiger partial charge in [0.2, 0.25) is 5.91 Å². The minimum atomic E-state index is -0.315. The molecule has 0 bridgehead atoms. The molecule has 0 saturated carbocycles. The van der Waals surface area contributed by atoms with Crippen LogP contribution in [0, 0.1) is 23.6 Å². The highest BCUT2D eigenvalue weighted by Crippen LogP contribution is 2.45. The molecule has 2 fully saturated rings. The molecule has 1 aromatic carbocycles. The first-order valence-electron chi connectivity index (χ1n) is 10.5. The molecule has 2 aliphatic rings. The van der Waals surface area contributed by atoms with E-state index in [-0.39, 0.29) is 41.3 Å². The molecule has 3 heterocycles. The molecule has 2 aromatic rings. The Morgan fingerprint density at radius 2 is 2.07 bits per heavy atom. The smallest absolute Gasteiger partial charge is 0.271 e. The Kier molecular flexibility index (Phi) is 5.49. The van der Waals surface area contributed by atoms with Crippen LogP contribution in [0.25, 0.3) is 0 Å². The lowest BCUT2D eigenvalue weighted by Crippen LogP contribution is -2.37. The van der Waals surface area contributed by atoms with Crippen molar-refractivity contribution in [2.75, 3.05) is 25.4 Å². The average Bonchev–Trinajstić information content (AvgIpc) is 3.39. The first-order chi connectivity index (χ1) is 14.3. The molecule has 1 aromatic heterocycles. The maximum Gasteiger partial charge on any atom is 0.271 e. The van der Waals surface area contributed by atoms with Crippen LogP contribution in [-0.4, -0.2) is 51.4 Å². The van der Waals surface area contributed by atoms with Crippen molar-refractivity contribution in [1.82, 2.24) is 20.0 Å². The lowest BCUT2D eigenvalue weighted by atomic mass is 9.89. The molecule has 2 aliphatic heterocycles. The summed E-state index contributed by atoms with van der Waals surface area (Å²) in [4.78, 5) is 29.5. The van der Waals surface area contributed by atoms with Crippen molar-refractivity contribution in [1.29, 1.82) is 0 Å². The van der Waals surface area contributed by atoms with Crippen LogP contribution in [-0.2, 0) is 4.79 Å². The number of carbonyl (C=O) groups is 2. The van der Waals surface area contributed by atoms with Gasteiger partial charge in [-0.1, -0.05) is 26.0 Å². The highest BCUT2D eigenvalue weighted by molar-refractivity contribution is 5.93. The van der Waals surface area contributed by atoms with E-state index in [1.54, 1.807) is 11.0 Å². The second-order valence-electron chi connectivity index (χ2n) is 8.82. The molecule has 4 rings (SSSR count). The number of amides is 2. The van der Waals surface area contributed by atoms with Crippen LogP contribution in [0.15, 0.2) is 30.3 Å². The number of fused-ring (bicyclic) bond motifs is 1. The summed E-state index contributed by atoms with van der Waals surface area (Å²) < 4.78 is 14.0. The van der Waals surface area contributed by atoms with E-state index in [4.69, 9.17) is 5.73 Å². The molecule has 7 nitrogen and oxygen atoms in total. The molecule has 8 heteroatoms. The Labute approximate surface area is 175 Å². The van der Waals surface area contributed by atoms with Gasteiger partial charge in [-0.05, 0) is 30.0 Å². The van der Waals surface area contributed by atoms with E-state index < -0.39 is 0 Å². The van der Waals surface area contributed by atoms with Gasteiger partial charge in [-0.15, -0.1) is 0 Å². The van der Waals surface area contributed by atoms with Gasteiger partial charge in [0.25, 0.3) is 5.91 Å². The van der Waals surface area contributed by atoms with Crippen LogP contribution in [0.4, 0.5) is 10.2 Å². The lowest BCUT2D eigenvalue weighted by molar-refractivity contribution is -0.133. The van der Waals surface area contributed by atoms with E-state index >= 15 is 0 Å². The van der Waals surface area contributed by atoms with Gasteiger partial charge in [0.15, 0.2) is 0 Å². The number of H-pyrrole nitrogens is 1. The van der Waals surface area contributed by atoms with E-state index in [0.29, 0.717) is 37.7 Å². The van der Waals surface area contributed by atoms with Gasteiger partial charge in [-0.2, -0.15) is 5.10 Å². The predicted molar refractivity (Wildman–Crippen MR) is 111 cm³/mol. The summed E-state index contributed by atoms with van der Waals surface area (Å²) in [5, 5.41) is 6.51. The fraction of sp³-hybridized carbons (Fsp3) is 0.500. The van der Waals surface area contributed by atoms with Crippen molar-refractivity contribution in [3.05, 3.63) is 47.4 Å². The molecule has 3 atom stereocenters. The molecular weight excluding hydrogens is 385 g/mol. The number of benzene rings is 1. The van der Waals surface area contributed by atoms with Crippen molar-refractivity contribution in [2.24, 2.45) is 17.8 Å². The van der Waals surface area contributed by atoms with Crippen molar-refractivity contribution < 1.29 is 14.0 Å². The van der Waals surface area contributed by atoms with Gasteiger partial charge in [0, 0.05) is 44.0 Å².